The first-order valence-corrected chi connectivity index (χ1v) is 11.2. The molecule has 32 heavy (non-hydrogen) atoms. The number of nitrogens with zero attached hydrogens (tertiary/aromatic N) is 4. The van der Waals surface area contributed by atoms with E-state index in [-0.39, 0.29) is 16.6 Å². The number of carbonyl (C=O) groups excluding carboxylic acids is 1. The van der Waals surface area contributed by atoms with Crippen molar-refractivity contribution in [3.63, 3.8) is 0 Å². The van der Waals surface area contributed by atoms with Gasteiger partial charge in [0.25, 0.3) is 11.6 Å². The second-order valence-electron chi connectivity index (χ2n) is 6.77. The van der Waals surface area contributed by atoms with Crippen molar-refractivity contribution in [3.8, 4) is 0 Å². The zero-order valence-electron chi connectivity index (χ0n) is 17.0. The highest BCUT2D eigenvalue weighted by atomic mass is 35.5. The summed E-state index contributed by atoms with van der Waals surface area (Å²) in [6.07, 6.45) is 1.72. The standard InChI is InChI=1S/C21H19Cl2N5O3S/c1-3-10-27-19(13(2)24-20(29)17-9-6-15(22)11-18(17)23)25-26-21(27)32-12-14-4-7-16(8-5-14)28(30)31/h3-9,11,13H,1,10,12H2,2H3,(H,24,29)/t13-/m0/s1. The Morgan fingerprint density at radius 2 is 2.00 bits per heavy atom. The van der Waals surface area contributed by atoms with Crippen LogP contribution in [0.25, 0.3) is 0 Å². The molecule has 0 bridgehead atoms. The molecular formula is C21H19Cl2N5O3S. The fraction of sp³-hybridized carbons (Fsp3) is 0.190. The van der Waals surface area contributed by atoms with Crippen LogP contribution in [0.3, 0.4) is 0 Å². The Morgan fingerprint density at radius 3 is 2.62 bits per heavy atom. The van der Waals surface area contributed by atoms with Gasteiger partial charge in [-0.15, -0.1) is 16.8 Å². The Bertz CT molecular complexity index is 1150. The van der Waals surface area contributed by atoms with Crippen LogP contribution in [0.1, 0.15) is 34.7 Å². The van der Waals surface area contributed by atoms with Crippen LogP contribution in [-0.4, -0.2) is 25.6 Å². The van der Waals surface area contributed by atoms with Crippen molar-refractivity contribution in [2.24, 2.45) is 0 Å². The average Bonchev–Trinajstić information content (AvgIpc) is 3.15. The Balaban J connectivity index is 1.73. The molecule has 166 valence electrons. The first-order valence-electron chi connectivity index (χ1n) is 9.46. The van der Waals surface area contributed by atoms with Crippen LogP contribution in [0.5, 0.6) is 0 Å². The summed E-state index contributed by atoms with van der Waals surface area (Å²) in [5.74, 6) is 0.760. The van der Waals surface area contributed by atoms with Gasteiger partial charge in [0, 0.05) is 29.5 Å². The number of nitro groups is 1. The van der Waals surface area contributed by atoms with E-state index in [0.29, 0.717) is 33.9 Å². The molecule has 0 radical (unpaired) electrons. The molecule has 0 aliphatic heterocycles. The Morgan fingerprint density at radius 1 is 1.28 bits per heavy atom. The van der Waals surface area contributed by atoms with Gasteiger partial charge in [-0.25, -0.2) is 0 Å². The van der Waals surface area contributed by atoms with Gasteiger partial charge in [0.15, 0.2) is 11.0 Å². The highest BCUT2D eigenvalue weighted by Crippen LogP contribution is 2.26. The molecule has 1 atom stereocenters. The summed E-state index contributed by atoms with van der Waals surface area (Å²) in [4.78, 5) is 23.0. The van der Waals surface area contributed by atoms with Crippen LogP contribution < -0.4 is 5.32 Å². The Hall–Kier alpha value is -2.88. The van der Waals surface area contributed by atoms with Crippen LogP contribution in [-0.2, 0) is 12.3 Å². The third kappa shape index (κ3) is 5.67. The van der Waals surface area contributed by atoms with Gasteiger partial charge in [-0.3, -0.25) is 14.9 Å². The lowest BCUT2D eigenvalue weighted by atomic mass is 10.2. The normalized spacial score (nSPS) is 11.7. The SMILES string of the molecule is C=CCn1c(SCc2ccc([N+](=O)[O-])cc2)nnc1[C@H](C)NC(=O)c1ccc(Cl)cc1Cl. The van der Waals surface area contributed by atoms with E-state index in [0.717, 1.165) is 5.56 Å². The highest BCUT2D eigenvalue weighted by molar-refractivity contribution is 7.98. The fourth-order valence-electron chi connectivity index (χ4n) is 2.90. The van der Waals surface area contributed by atoms with Crippen molar-refractivity contribution in [1.29, 1.82) is 0 Å². The van der Waals surface area contributed by atoms with Crippen molar-refractivity contribution in [2.75, 3.05) is 0 Å². The number of carbonyl (C=O) groups is 1. The van der Waals surface area contributed by atoms with Crippen molar-refractivity contribution in [3.05, 3.63) is 92.2 Å². The minimum atomic E-state index is -0.449. The first kappa shape index (κ1) is 23.8. The third-order valence-corrected chi connectivity index (χ3v) is 6.07. The molecule has 0 saturated carbocycles. The fourth-order valence-corrected chi connectivity index (χ4v) is 4.31. The van der Waals surface area contributed by atoms with E-state index >= 15 is 0 Å². The zero-order valence-corrected chi connectivity index (χ0v) is 19.3. The summed E-state index contributed by atoms with van der Waals surface area (Å²) in [7, 11) is 0. The lowest BCUT2D eigenvalue weighted by Gasteiger charge is -2.16. The van der Waals surface area contributed by atoms with Crippen molar-refractivity contribution < 1.29 is 9.72 Å². The number of rotatable bonds is 9. The maximum absolute atomic E-state index is 12.7. The molecule has 0 saturated heterocycles. The number of halogens is 2. The van der Waals surface area contributed by atoms with Gasteiger partial charge >= 0.3 is 0 Å². The van der Waals surface area contributed by atoms with Gasteiger partial charge in [-0.2, -0.15) is 0 Å². The predicted octanol–water partition coefficient (Wildman–Crippen LogP) is 5.46. The second-order valence-corrected chi connectivity index (χ2v) is 8.56. The molecule has 1 N–H and O–H groups in total. The number of thioether (sulfide) groups is 1. The largest absolute Gasteiger partial charge is 0.342 e. The number of non-ortho nitro benzene ring substituents is 1. The molecular weight excluding hydrogens is 473 g/mol. The maximum Gasteiger partial charge on any atom is 0.269 e. The van der Waals surface area contributed by atoms with Gasteiger partial charge in [0.05, 0.1) is 21.6 Å². The molecule has 0 spiro atoms. The van der Waals surface area contributed by atoms with Crippen molar-refractivity contribution in [1.82, 2.24) is 20.1 Å². The van der Waals surface area contributed by atoms with Crippen molar-refractivity contribution >= 4 is 46.6 Å². The van der Waals surface area contributed by atoms with Gasteiger partial charge in [-0.05, 0) is 30.7 Å². The van der Waals surface area contributed by atoms with Crippen LogP contribution in [0.4, 0.5) is 5.69 Å². The third-order valence-electron chi connectivity index (χ3n) is 4.48. The van der Waals surface area contributed by atoms with E-state index in [1.807, 2.05) is 4.57 Å². The van der Waals surface area contributed by atoms with Gasteiger partial charge in [-0.1, -0.05) is 53.2 Å². The number of amides is 1. The lowest BCUT2D eigenvalue weighted by molar-refractivity contribution is -0.384. The summed E-state index contributed by atoms with van der Waals surface area (Å²) in [6, 6.07) is 10.6. The van der Waals surface area contributed by atoms with E-state index in [2.05, 4.69) is 22.1 Å². The minimum absolute atomic E-state index is 0.0428. The summed E-state index contributed by atoms with van der Waals surface area (Å²) < 4.78 is 1.86. The molecule has 2 aromatic carbocycles. The molecule has 3 rings (SSSR count). The molecule has 1 amide bonds. The summed E-state index contributed by atoms with van der Waals surface area (Å²) >= 11 is 13.5. The van der Waals surface area contributed by atoms with Crippen molar-refractivity contribution in [2.45, 2.75) is 30.4 Å². The first-order chi connectivity index (χ1) is 15.3. The number of aromatic nitrogens is 3. The zero-order chi connectivity index (χ0) is 23.3. The summed E-state index contributed by atoms with van der Waals surface area (Å²) in [5.41, 5.74) is 1.26. The van der Waals surface area contributed by atoms with E-state index in [1.54, 1.807) is 37.3 Å². The molecule has 0 aliphatic carbocycles. The Labute approximate surface area is 198 Å². The van der Waals surface area contributed by atoms with Gasteiger partial charge in [0.2, 0.25) is 0 Å². The highest BCUT2D eigenvalue weighted by Gasteiger charge is 2.21. The Kier molecular flexibility index (Phi) is 7.89. The molecule has 0 fully saturated rings. The molecule has 1 heterocycles. The average molecular weight is 492 g/mol. The monoisotopic (exact) mass is 491 g/mol. The van der Waals surface area contributed by atoms with E-state index in [1.165, 1.54) is 30.0 Å². The second kappa shape index (κ2) is 10.6. The minimum Gasteiger partial charge on any atom is -0.342 e. The molecule has 1 aromatic heterocycles. The predicted molar refractivity (Wildman–Crippen MR) is 125 cm³/mol. The van der Waals surface area contributed by atoms with Gasteiger partial charge in [0.1, 0.15) is 0 Å². The summed E-state index contributed by atoms with van der Waals surface area (Å²) in [6.45, 7) is 6.04. The van der Waals surface area contributed by atoms with E-state index in [9.17, 15) is 14.9 Å². The number of nitro benzene ring substituents is 1. The van der Waals surface area contributed by atoms with Crippen LogP contribution in [0, 0.1) is 10.1 Å². The van der Waals surface area contributed by atoms with E-state index in [4.69, 9.17) is 23.2 Å². The van der Waals surface area contributed by atoms with E-state index < -0.39 is 11.0 Å². The van der Waals surface area contributed by atoms with Gasteiger partial charge < -0.3 is 9.88 Å². The number of allylic oxidation sites excluding steroid dienone is 1. The van der Waals surface area contributed by atoms with Crippen LogP contribution in [0.15, 0.2) is 60.3 Å². The number of hydrogen-bond donors (Lipinski definition) is 1. The quantitative estimate of drug-likeness (QED) is 0.184. The number of benzene rings is 2. The molecule has 8 nitrogen and oxygen atoms in total. The topological polar surface area (TPSA) is 103 Å². The van der Waals surface area contributed by atoms with Crippen LogP contribution >= 0.6 is 35.0 Å². The molecule has 11 heteroatoms. The molecule has 3 aromatic rings. The summed E-state index contributed by atoms with van der Waals surface area (Å²) in [5, 5.41) is 23.5. The smallest absolute Gasteiger partial charge is 0.269 e. The molecule has 0 unspecified atom stereocenters. The lowest BCUT2D eigenvalue weighted by Crippen LogP contribution is -2.29. The molecule has 0 aliphatic rings. The van der Waals surface area contributed by atoms with Crippen LogP contribution in [0.2, 0.25) is 10.0 Å². The maximum atomic E-state index is 12.7. The number of nitrogens with one attached hydrogen (secondary N) is 1. The number of hydrogen-bond acceptors (Lipinski definition) is 6.